The summed E-state index contributed by atoms with van der Waals surface area (Å²) in [6.07, 6.45) is 10.1. The second-order valence-corrected chi connectivity index (χ2v) is 11.8. The second kappa shape index (κ2) is 8.61. The van der Waals surface area contributed by atoms with Gasteiger partial charge >= 0.3 is 0 Å². The molecule has 2 heteroatoms. The van der Waals surface area contributed by atoms with Crippen molar-refractivity contribution in [3.05, 3.63) is 65.4 Å². The van der Waals surface area contributed by atoms with Crippen molar-refractivity contribution < 1.29 is 9.30 Å². The summed E-state index contributed by atoms with van der Waals surface area (Å²) in [5, 5.41) is 5.22. The fourth-order valence-corrected chi connectivity index (χ4v) is 7.31. The Labute approximate surface area is 216 Å². The molecule has 0 bridgehead atoms. The van der Waals surface area contributed by atoms with Crippen LogP contribution in [0.4, 0.5) is 0 Å². The maximum absolute atomic E-state index is 6.99. The molecule has 1 aliphatic heterocycles. The highest BCUT2D eigenvalue weighted by atomic mass is 16.5. The number of hydrogen-bond acceptors (Lipinski definition) is 1. The molecule has 2 aliphatic rings. The Balaban J connectivity index is 1.56. The van der Waals surface area contributed by atoms with Gasteiger partial charge in [-0.2, -0.15) is 0 Å². The van der Waals surface area contributed by atoms with Gasteiger partial charge in [0, 0.05) is 11.6 Å². The lowest BCUT2D eigenvalue weighted by Gasteiger charge is -2.39. The minimum absolute atomic E-state index is 0.369. The van der Waals surface area contributed by atoms with E-state index in [0.29, 0.717) is 17.3 Å². The van der Waals surface area contributed by atoms with Crippen molar-refractivity contribution >= 4 is 21.5 Å². The van der Waals surface area contributed by atoms with E-state index in [1.807, 2.05) is 0 Å². The van der Waals surface area contributed by atoms with Crippen LogP contribution in [-0.4, -0.2) is 0 Å². The molecule has 6 rings (SSSR count). The van der Waals surface area contributed by atoms with Crippen LogP contribution < -0.4 is 9.30 Å². The van der Waals surface area contributed by atoms with Gasteiger partial charge in [-0.1, -0.05) is 70.9 Å². The predicted octanol–water partition coefficient (Wildman–Crippen LogP) is 9.49. The summed E-state index contributed by atoms with van der Waals surface area (Å²) in [4.78, 5) is 0. The fourth-order valence-electron chi connectivity index (χ4n) is 7.31. The zero-order valence-electron chi connectivity index (χ0n) is 22.9. The zero-order chi connectivity index (χ0) is 25.2. The van der Waals surface area contributed by atoms with Crippen LogP contribution in [0.5, 0.6) is 11.5 Å². The molecule has 186 valence electrons. The van der Waals surface area contributed by atoms with E-state index in [1.165, 1.54) is 88.0 Å². The van der Waals surface area contributed by atoms with Crippen LogP contribution in [0.2, 0.25) is 0 Å². The Bertz CT molecular complexity index is 1480. The Kier molecular flexibility index (Phi) is 5.63. The van der Waals surface area contributed by atoms with Gasteiger partial charge in [-0.25, -0.2) is 4.57 Å². The molecule has 4 aromatic rings. The minimum atomic E-state index is 0.369. The number of fused-ring (bicyclic) bond motifs is 3. The lowest BCUT2D eigenvalue weighted by atomic mass is 9.66. The largest absolute Gasteiger partial charge is 0.455 e. The van der Waals surface area contributed by atoms with Crippen molar-refractivity contribution in [2.24, 2.45) is 12.5 Å². The molecular weight excluding hydrogens is 438 g/mol. The second-order valence-electron chi connectivity index (χ2n) is 11.8. The quantitative estimate of drug-likeness (QED) is 0.234. The Morgan fingerprint density at radius 3 is 2.36 bits per heavy atom. The monoisotopic (exact) mass is 478 g/mol. The number of aromatic nitrogens is 1. The standard InChI is InChI=1S/C34H40NO/c1-7-34(8-2)16-13-23(14-17-34)25-19-24-15-18-35(6)32-30-22(5)26-11-9-10-12-27(26)29(21(3)4)33(30)36-28(20-25)31(24)32/h9-12,15,18-21,23H,7-8,13-14,16-17H2,1-6H3/q+1. The highest BCUT2D eigenvalue weighted by molar-refractivity contribution is 6.06. The Morgan fingerprint density at radius 1 is 1.00 bits per heavy atom. The van der Waals surface area contributed by atoms with Crippen molar-refractivity contribution in [2.75, 3.05) is 0 Å². The third kappa shape index (κ3) is 3.40. The minimum Gasteiger partial charge on any atom is -0.455 e. The normalized spacial score (nSPS) is 17.0. The number of ether oxygens (including phenoxy) is 1. The van der Waals surface area contributed by atoms with Gasteiger partial charge in [0.05, 0.1) is 10.9 Å². The van der Waals surface area contributed by atoms with Crippen molar-refractivity contribution in [3.8, 4) is 22.8 Å². The summed E-state index contributed by atoms with van der Waals surface area (Å²) in [6, 6.07) is 16.0. The van der Waals surface area contributed by atoms with Crippen molar-refractivity contribution in [2.45, 2.75) is 85.0 Å². The predicted molar refractivity (Wildman–Crippen MR) is 151 cm³/mol. The SMILES string of the molecule is CCC1(CC)CCC(c2cc3c4c([n+](C)ccc4c2)-c2c(c(C(C)C)c4ccccc4c2C)O3)CC1. The molecule has 0 spiro atoms. The van der Waals surface area contributed by atoms with E-state index in [0.717, 1.165) is 11.5 Å². The van der Waals surface area contributed by atoms with E-state index in [-0.39, 0.29) is 0 Å². The fraction of sp³-hybridized carbons (Fsp3) is 0.441. The molecule has 3 aromatic carbocycles. The van der Waals surface area contributed by atoms with Crippen LogP contribution in [0.15, 0.2) is 48.7 Å². The molecular formula is C34H40NO+. The molecule has 0 atom stereocenters. The highest BCUT2D eigenvalue weighted by Gasteiger charge is 2.36. The third-order valence-corrected chi connectivity index (χ3v) is 9.73. The molecule has 0 saturated heterocycles. The van der Waals surface area contributed by atoms with Gasteiger partial charge in [0.25, 0.3) is 0 Å². The summed E-state index contributed by atoms with van der Waals surface area (Å²) in [5.74, 6) is 3.10. The molecule has 1 saturated carbocycles. The van der Waals surface area contributed by atoms with E-state index < -0.39 is 0 Å². The van der Waals surface area contributed by atoms with Gasteiger partial charge in [-0.3, -0.25) is 0 Å². The first-order chi connectivity index (χ1) is 17.4. The van der Waals surface area contributed by atoms with E-state index in [4.69, 9.17) is 4.74 Å². The average Bonchev–Trinajstić information content (AvgIpc) is 2.90. The summed E-state index contributed by atoms with van der Waals surface area (Å²) in [7, 11) is 2.18. The molecule has 1 aromatic heterocycles. The van der Waals surface area contributed by atoms with Crippen LogP contribution in [0.3, 0.4) is 0 Å². The van der Waals surface area contributed by atoms with Crippen LogP contribution in [0.25, 0.3) is 32.8 Å². The summed E-state index contributed by atoms with van der Waals surface area (Å²) in [5.41, 5.74) is 7.21. The number of hydrogen-bond donors (Lipinski definition) is 0. The van der Waals surface area contributed by atoms with Crippen LogP contribution in [-0.2, 0) is 7.05 Å². The first-order valence-corrected chi connectivity index (χ1v) is 14.1. The summed E-state index contributed by atoms with van der Waals surface area (Å²) >= 11 is 0. The molecule has 36 heavy (non-hydrogen) atoms. The third-order valence-electron chi connectivity index (χ3n) is 9.73. The Morgan fingerprint density at radius 2 is 1.69 bits per heavy atom. The zero-order valence-corrected chi connectivity index (χ0v) is 22.9. The van der Waals surface area contributed by atoms with E-state index in [9.17, 15) is 0 Å². The van der Waals surface area contributed by atoms with Gasteiger partial charge < -0.3 is 4.74 Å². The molecule has 1 aliphatic carbocycles. The topological polar surface area (TPSA) is 13.1 Å². The molecule has 0 amide bonds. The van der Waals surface area contributed by atoms with Gasteiger partial charge in [-0.15, -0.1) is 0 Å². The van der Waals surface area contributed by atoms with E-state index in [2.05, 4.69) is 94.9 Å². The molecule has 2 nitrogen and oxygen atoms in total. The maximum Gasteiger partial charge on any atom is 0.228 e. The summed E-state index contributed by atoms with van der Waals surface area (Å²) < 4.78 is 9.29. The number of nitrogens with zero attached hydrogens (tertiary/aromatic N) is 1. The molecule has 2 heterocycles. The van der Waals surface area contributed by atoms with Crippen molar-refractivity contribution in [3.63, 3.8) is 0 Å². The number of benzene rings is 3. The number of aryl methyl sites for hydroxylation is 2. The molecule has 0 unspecified atom stereocenters. The van der Waals surface area contributed by atoms with Gasteiger partial charge in [0.15, 0.2) is 6.20 Å². The lowest BCUT2D eigenvalue weighted by molar-refractivity contribution is -0.659. The first kappa shape index (κ1) is 23.5. The first-order valence-electron chi connectivity index (χ1n) is 14.1. The average molecular weight is 479 g/mol. The van der Waals surface area contributed by atoms with Crippen molar-refractivity contribution in [1.29, 1.82) is 0 Å². The van der Waals surface area contributed by atoms with E-state index >= 15 is 0 Å². The van der Waals surface area contributed by atoms with Crippen LogP contribution >= 0.6 is 0 Å². The smallest absolute Gasteiger partial charge is 0.228 e. The number of rotatable bonds is 4. The highest BCUT2D eigenvalue weighted by Crippen LogP contribution is 2.54. The molecule has 0 radical (unpaired) electrons. The maximum atomic E-state index is 6.99. The Hall–Kier alpha value is -2.87. The number of pyridine rings is 1. The molecule has 1 fully saturated rings. The van der Waals surface area contributed by atoms with Gasteiger partial charge in [0.1, 0.15) is 18.5 Å². The van der Waals surface area contributed by atoms with Crippen LogP contribution in [0, 0.1) is 12.3 Å². The van der Waals surface area contributed by atoms with E-state index in [1.54, 1.807) is 0 Å². The van der Waals surface area contributed by atoms with Crippen LogP contribution in [0.1, 0.15) is 94.7 Å². The van der Waals surface area contributed by atoms with Gasteiger partial charge in [-0.05, 0) is 83.2 Å². The molecule has 0 N–H and O–H groups in total. The summed E-state index contributed by atoms with van der Waals surface area (Å²) in [6.45, 7) is 11.6. The van der Waals surface area contributed by atoms with Crippen molar-refractivity contribution in [1.82, 2.24) is 0 Å². The van der Waals surface area contributed by atoms with Gasteiger partial charge in [0.2, 0.25) is 5.69 Å². The lowest BCUT2D eigenvalue weighted by Crippen LogP contribution is -2.32.